The fourth-order valence-corrected chi connectivity index (χ4v) is 4.21. The summed E-state index contributed by atoms with van der Waals surface area (Å²) in [5, 5.41) is 3.16. The Bertz CT molecular complexity index is 1050. The highest BCUT2D eigenvalue weighted by Gasteiger charge is 2.15. The van der Waals surface area contributed by atoms with Gasteiger partial charge in [0.1, 0.15) is 0 Å². The molecule has 27 heavy (non-hydrogen) atoms. The van der Waals surface area contributed by atoms with Gasteiger partial charge in [0.15, 0.2) is 26.5 Å². The molecule has 1 amide bonds. The SMILES string of the molecule is CCS(=O)(=O)c1ccc(C(=O)Nc2nc3cc(OC)c(OC)cc3s2)cc1. The molecule has 0 bridgehead atoms. The van der Waals surface area contributed by atoms with Gasteiger partial charge in [-0.3, -0.25) is 10.1 Å². The largest absolute Gasteiger partial charge is 0.493 e. The lowest BCUT2D eigenvalue weighted by Gasteiger charge is -2.05. The van der Waals surface area contributed by atoms with Crippen molar-refractivity contribution in [3.8, 4) is 11.5 Å². The van der Waals surface area contributed by atoms with Crippen LogP contribution in [0.5, 0.6) is 11.5 Å². The van der Waals surface area contributed by atoms with E-state index in [1.807, 2.05) is 0 Å². The summed E-state index contributed by atoms with van der Waals surface area (Å²) in [5.74, 6) is 0.783. The van der Waals surface area contributed by atoms with Gasteiger partial charge in [0.25, 0.3) is 5.91 Å². The van der Waals surface area contributed by atoms with Crippen molar-refractivity contribution in [2.45, 2.75) is 11.8 Å². The number of carbonyl (C=O) groups excluding carboxylic acids is 1. The second kappa shape index (κ2) is 7.53. The minimum atomic E-state index is -3.30. The molecule has 1 N–H and O–H groups in total. The first-order chi connectivity index (χ1) is 12.9. The van der Waals surface area contributed by atoms with Crippen molar-refractivity contribution in [3.05, 3.63) is 42.0 Å². The zero-order chi connectivity index (χ0) is 19.6. The third kappa shape index (κ3) is 3.88. The van der Waals surface area contributed by atoms with Gasteiger partial charge in [-0.1, -0.05) is 18.3 Å². The second-order valence-corrected chi connectivity index (χ2v) is 8.88. The molecule has 0 radical (unpaired) electrons. The second-order valence-electron chi connectivity index (χ2n) is 5.58. The van der Waals surface area contributed by atoms with E-state index in [0.717, 1.165) is 4.70 Å². The standard InChI is InChI=1S/C18H18N2O5S2/c1-4-27(22,23)12-7-5-11(6-8-12)17(21)20-18-19-13-9-14(24-2)15(25-3)10-16(13)26-18/h5-10H,4H2,1-3H3,(H,19,20,21). The molecule has 142 valence electrons. The highest BCUT2D eigenvalue weighted by atomic mass is 32.2. The summed E-state index contributed by atoms with van der Waals surface area (Å²) in [6.45, 7) is 1.58. The van der Waals surface area contributed by atoms with Gasteiger partial charge < -0.3 is 9.47 Å². The van der Waals surface area contributed by atoms with Crippen molar-refractivity contribution in [2.24, 2.45) is 0 Å². The number of nitrogens with one attached hydrogen (secondary N) is 1. The number of sulfone groups is 1. The van der Waals surface area contributed by atoms with E-state index in [0.29, 0.717) is 27.7 Å². The zero-order valence-electron chi connectivity index (χ0n) is 15.0. The minimum absolute atomic E-state index is 0.0111. The molecule has 3 rings (SSSR count). The number of rotatable bonds is 6. The molecular formula is C18H18N2O5S2. The normalized spacial score (nSPS) is 11.4. The van der Waals surface area contributed by atoms with E-state index in [1.54, 1.807) is 33.3 Å². The van der Waals surface area contributed by atoms with E-state index >= 15 is 0 Å². The summed E-state index contributed by atoms with van der Waals surface area (Å²) in [4.78, 5) is 17.0. The maximum Gasteiger partial charge on any atom is 0.257 e. The number of nitrogens with zero attached hydrogens (tertiary/aromatic N) is 1. The Morgan fingerprint density at radius 3 is 2.33 bits per heavy atom. The highest BCUT2D eigenvalue weighted by Crippen LogP contribution is 2.36. The molecule has 0 spiro atoms. The van der Waals surface area contributed by atoms with Gasteiger partial charge in [-0.2, -0.15) is 0 Å². The highest BCUT2D eigenvalue weighted by molar-refractivity contribution is 7.91. The number of methoxy groups -OCH3 is 2. The molecule has 3 aromatic rings. The Morgan fingerprint density at radius 2 is 1.74 bits per heavy atom. The fourth-order valence-electron chi connectivity index (χ4n) is 2.46. The van der Waals surface area contributed by atoms with Crippen LogP contribution in [0.1, 0.15) is 17.3 Å². The van der Waals surface area contributed by atoms with Crippen molar-refractivity contribution in [1.82, 2.24) is 4.98 Å². The van der Waals surface area contributed by atoms with E-state index in [-0.39, 0.29) is 16.6 Å². The molecule has 0 saturated heterocycles. The number of aromatic nitrogens is 1. The van der Waals surface area contributed by atoms with E-state index in [1.165, 1.54) is 35.6 Å². The molecule has 0 unspecified atom stereocenters. The van der Waals surface area contributed by atoms with Crippen molar-refractivity contribution in [1.29, 1.82) is 0 Å². The first kappa shape index (κ1) is 19.1. The molecular weight excluding hydrogens is 388 g/mol. The van der Waals surface area contributed by atoms with Crippen molar-refractivity contribution in [2.75, 3.05) is 25.3 Å². The number of thiazole rings is 1. The lowest BCUT2D eigenvalue weighted by molar-refractivity contribution is 0.102. The maximum atomic E-state index is 12.4. The summed E-state index contributed by atoms with van der Waals surface area (Å²) in [6, 6.07) is 9.37. The Labute approximate surface area is 160 Å². The third-order valence-electron chi connectivity index (χ3n) is 3.97. The Balaban J connectivity index is 1.83. The van der Waals surface area contributed by atoms with Crippen LogP contribution in [0.3, 0.4) is 0 Å². The average Bonchev–Trinajstić information content (AvgIpc) is 3.07. The summed E-state index contributed by atoms with van der Waals surface area (Å²) < 4.78 is 35.1. The van der Waals surface area contributed by atoms with Crippen molar-refractivity contribution >= 4 is 42.4 Å². The van der Waals surface area contributed by atoms with Gasteiger partial charge in [0.05, 0.1) is 35.1 Å². The predicted molar refractivity (Wildman–Crippen MR) is 105 cm³/mol. The topological polar surface area (TPSA) is 94.6 Å². The molecule has 0 aliphatic carbocycles. The number of hydrogen-bond donors (Lipinski definition) is 1. The maximum absolute atomic E-state index is 12.4. The molecule has 0 saturated carbocycles. The lowest BCUT2D eigenvalue weighted by atomic mass is 10.2. The smallest absolute Gasteiger partial charge is 0.257 e. The van der Waals surface area contributed by atoms with Crippen molar-refractivity contribution < 1.29 is 22.7 Å². The zero-order valence-corrected chi connectivity index (χ0v) is 16.6. The van der Waals surface area contributed by atoms with Crippen LogP contribution in [0.4, 0.5) is 5.13 Å². The Hall–Kier alpha value is -2.65. The number of carbonyl (C=O) groups is 1. The van der Waals surface area contributed by atoms with Crippen LogP contribution in [-0.4, -0.2) is 39.3 Å². The Kier molecular flexibility index (Phi) is 5.33. The van der Waals surface area contributed by atoms with Crippen molar-refractivity contribution in [3.63, 3.8) is 0 Å². The number of amides is 1. The van der Waals surface area contributed by atoms with Crippen LogP contribution in [0.25, 0.3) is 10.2 Å². The van der Waals surface area contributed by atoms with Gasteiger partial charge in [-0.05, 0) is 24.3 Å². The molecule has 0 atom stereocenters. The van der Waals surface area contributed by atoms with Crippen LogP contribution < -0.4 is 14.8 Å². The van der Waals surface area contributed by atoms with Crippen LogP contribution in [-0.2, 0) is 9.84 Å². The van der Waals surface area contributed by atoms with Crippen LogP contribution in [0.2, 0.25) is 0 Å². The average molecular weight is 406 g/mol. The molecule has 2 aromatic carbocycles. The first-order valence-electron chi connectivity index (χ1n) is 8.04. The van der Waals surface area contributed by atoms with Gasteiger partial charge in [0, 0.05) is 17.7 Å². The molecule has 1 heterocycles. The van der Waals surface area contributed by atoms with E-state index in [9.17, 15) is 13.2 Å². The summed E-state index contributed by atoms with van der Waals surface area (Å²) in [6.07, 6.45) is 0. The molecule has 9 heteroatoms. The predicted octanol–water partition coefficient (Wildman–Crippen LogP) is 3.36. The molecule has 7 nitrogen and oxygen atoms in total. The van der Waals surface area contributed by atoms with Gasteiger partial charge in [0.2, 0.25) is 0 Å². The van der Waals surface area contributed by atoms with Crippen LogP contribution in [0.15, 0.2) is 41.3 Å². The van der Waals surface area contributed by atoms with E-state index in [2.05, 4.69) is 10.3 Å². The Morgan fingerprint density at radius 1 is 1.11 bits per heavy atom. The third-order valence-corrected chi connectivity index (χ3v) is 6.65. The number of anilines is 1. The van der Waals surface area contributed by atoms with Crippen LogP contribution in [0, 0.1) is 0 Å². The number of fused-ring (bicyclic) bond motifs is 1. The van der Waals surface area contributed by atoms with E-state index < -0.39 is 9.84 Å². The molecule has 0 aliphatic heterocycles. The van der Waals surface area contributed by atoms with Gasteiger partial charge in [-0.25, -0.2) is 13.4 Å². The quantitative estimate of drug-likeness (QED) is 0.675. The summed E-state index contributed by atoms with van der Waals surface area (Å²) >= 11 is 1.31. The summed E-state index contributed by atoms with van der Waals surface area (Å²) in [5.41, 5.74) is 1.02. The van der Waals surface area contributed by atoms with Crippen LogP contribution >= 0.6 is 11.3 Å². The summed E-state index contributed by atoms with van der Waals surface area (Å²) in [7, 11) is -0.202. The van der Waals surface area contributed by atoms with E-state index in [4.69, 9.17) is 9.47 Å². The molecule has 1 aromatic heterocycles. The number of hydrogen-bond acceptors (Lipinski definition) is 7. The first-order valence-corrected chi connectivity index (χ1v) is 10.5. The lowest BCUT2D eigenvalue weighted by Crippen LogP contribution is -2.12. The molecule has 0 aliphatic rings. The number of benzene rings is 2. The minimum Gasteiger partial charge on any atom is -0.493 e. The molecule has 0 fully saturated rings. The van der Waals surface area contributed by atoms with Gasteiger partial charge >= 0.3 is 0 Å². The fraction of sp³-hybridized carbons (Fsp3) is 0.222. The number of ether oxygens (including phenoxy) is 2. The monoisotopic (exact) mass is 406 g/mol. The van der Waals surface area contributed by atoms with Gasteiger partial charge in [-0.15, -0.1) is 0 Å².